The van der Waals surface area contributed by atoms with E-state index in [0.717, 1.165) is 25.7 Å². The van der Waals surface area contributed by atoms with E-state index >= 15 is 0 Å². The zero-order valence-electron chi connectivity index (χ0n) is 31.0. The average molecular weight is 726 g/mol. The highest BCUT2D eigenvalue weighted by molar-refractivity contribution is 5.83. The number of carbonyl (C=O) groups is 4. The van der Waals surface area contributed by atoms with Crippen molar-refractivity contribution in [3.8, 4) is 0 Å². The summed E-state index contributed by atoms with van der Waals surface area (Å²) in [6.45, 7) is 8.51. The molecule has 2 unspecified atom stereocenters. The van der Waals surface area contributed by atoms with Crippen molar-refractivity contribution in [2.24, 2.45) is 46.3 Å². The molecule has 4 saturated carbocycles. The van der Waals surface area contributed by atoms with Gasteiger partial charge in [0.15, 0.2) is 0 Å². The number of hydroxylamine groups is 1. The van der Waals surface area contributed by atoms with E-state index in [2.05, 4.69) is 36.9 Å². The van der Waals surface area contributed by atoms with Gasteiger partial charge in [0.05, 0.1) is 44.7 Å². The van der Waals surface area contributed by atoms with Crippen LogP contribution in [0.2, 0.25) is 0 Å². The number of fused-ring (bicyclic) bond motifs is 5. The molecule has 6 N–H and O–H groups in total. The number of rotatable bonds is 20. The summed E-state index contributed by atoms with van der Waals surface area (Å²) in [5.74, 6) is -0.542. The Hall–Kier alpha value is -2.36. The molecule has 11 atom stereocenters. The molecule has 14 nitrogen and oxygen atoms in total. The monoisotopic (exact) mass is 725 g/mol. The summed E-state index contributed by atoms with van der Waals surface area (Å²) in [4.78, 5) is 53.3. The van der Waals surface area contributed by atoms with Gasteiger partial charge in [-0.25, -0.2) is 5.48 Å². The standard InChI is InChI=1S/C37H63N3O11/c1-23(5-10-34(46)47)26-6-7-27-35-28(21-30(42)37(26,27)3)36(2)12-11-25(19-24(36)20-29(35)41)51-40-32(44)9-8-31(43)38-14-16-49-17-18-50-22-33(45)39-13-15-48-4/h23-30,35,41-42H,5-22H2,1-4H3,(H,38,43)(H,39,45)(H,40,44)(H,46,47)/t23-,24+,25+,26-,27?,28?,29-,30+,35+,36+,37-/m1/s1. The molecule has 292 valence electrons. The maximum atomic E-state index is 12.5. The SMILES string of the molecule is COCCNC(=O)COCCOCCNC(=O)CCC(=O)NO[C@H]1CC[C@]2(C)C3C[C@H](O)[C@@]4(C)C(CC[C@@H]4[C@H](C)CCC(=O)O)[C@@H]3[C@H](O)C[C@@H]2C1. The number of amides is 3. The third-order valence-corrected chi connectivity index (χ3v) is 13.0. The fourth-order valence-corrected chi connectivity index (χ4v) is 10.3. The molecule has 14 heteroatoms. The second-order valence-electron chi connectivity index (χ2n) is 15.9. The van der Waals surface area contributed by atoms with Crippen LogP contribution in [0.4, 0.5) is 0 Å². The van der Waals surface area contributed by atoms with Crippen molar-refractivity contribution < 1.29 is 53.5 Å². The molecular formula is C37H63N3O11. The molecule has 0 bridgehead atoms. The Bertz CT molecular complexity index is 1170. The zero-order valence-corrected chi connectivity index (χ0v) is 31.0. The van der Waals surface area contributed by atoms with Crippen molar-refractivity contribution in [1.29, 1.82) is 0 Å². The van der Waals surface area contributed by atoms with Gasteiger partial charge in [-0.05, 0) is 97.7 Å². The van der Waals surface area contributed by atoms with Gasteiger partial charge in [-0.3, -0.25) is 24.0 Å². The highest BCUT2D eigenvalue weighted by Crippen LogP contribution is 2.68. The van der Waals surface area contributed by atoms with Gasteiger partial charge >= 0.3 is 5.97 Å². The van der Waals surface area contributed by atoms with Gasteiger partial charge in [0, 0.05) is 39.5 Å². The minimum absolute atomic E-state index is 0.0126. The quantitative estimate of drug-likeness (QED) is 0.0794. The Morgan fingerprint density at radius 3 is 2.27 bits per heavy atom. The summed E-state index contributed by atoms with van der Waals surface area (Å²) in [7, 11) is 1.56. The number of carboxylic acid groups (broad SMARTS) is 1. The van der Waals surface area contributed by atoms with Crippen LogP contribution in [0.3, 0.4) is 0 Å². The third-order valence-electron chi connectivity index (χ3n) is 13.0. The predicted molar refractivity (Wildman–Crippen MR) is 186 cm³/mol. The number of carboxylic acids is 1. The molecule has 0 aromatic heterocycles. The second kappa shape index (κ2) is 19.1. The molecule has 0 aliphatic heterocycles. The van der Waals surface area contributed by atoms with Gasteiger partial charge in [-0.15, -0.1) is 0 Å². The van der Waals surface area contributed by atoms with E-state index in [4.69, 9.17) is 19.0 Å². The van der Waals surface area contributed by atoms with Gasteiger partial charge in [0.2, 0.25) is 17.7 Å². The van der Waals surface area contributed by atoms with Crippen LogP contribution in [0.1, 0.15) is 91.4 Å². The molecule has 0 radical (unpaired) electrons. The number of methoxy groups -OCH3 is 1. The van der Waals surface area contributed by atoms with E-state index < -0.39 is 18.2 Å². The Morgan fingerprint density at radius 2 is 1.53 bits per heavy atom. The molecule has 3 amide bonds. The van der Waals surface area contributed by atoms with E-state index in [1.807, 2.05) is 0 Å². The Labute approximate surface area is 302 Å². The minimum atomic E-state index is -0.786. The maximum Gasteiger partial charge on any atom is 0.303 e. The van der Waals surface area contributed by atoms with Crippen LogP contribution < -0.4 is 16.1 Å². The highest BCUT2D eigenvalue weighted by Gasteiger charge is 2.65. The molecule has 0 spiro atoms. The van der Waals surface area contributed by atoms with Gasteiger partial charge in [-0.2, -0.15) is 0 Å². The maximum absolute atomic E-state index is 12.5. The van der Waals surface area contributed by atoms with E-state index in [0.29, 0.717) is 38.8 Å². The van der Waals surface area contributed by atoms with Crippen LogP contribution in [0, 0.1) is 46.3 Å². The smallest absolute Gasteiger partial charge is 0.303 e. The first-order valence-electron chi connectivity index (χ1n) is 19.0. The lowest BCUT2D eigenvalue weighted by atomic mass is 9.43. The van der Waals surface area contributed by atoms with Crippen molar-refractivity contribution >= 4 is 23.7 Å². The van der Waals surface area contributed by atoms with Crippen molar-refractivity contribution in [3.63, 3.8) is 0 Å². The molecule has 4 aliphatic rings. The number of hydrogen-bond acceptors (Lipinski definition) is 10. The normalized spacial score (nSPS) is 34.8. The fraction of sp³-hybridized carbons (Fsp3) is 0.892. The first-order valence-corrected chi connectivity index (χ1v) is 19.0. The number of hydrogen-bond donors (Lipinski definition) is 6. The van der Waals surface area contributed by atoms with Crippen molar-refractivity contribution in [3.05, 3.63) is 0 Å². The summed E-state index contributed by atoms with van der Waals surface area (Å²) in [5.41, 5.74) is 2.15. The lowest BCUT2D eigenvalue weighted by molar-refractivity contribution is -0.212. The summed E-state index contributed by atoms with van der Waals surface area (Å²) in [5, 5.41) is 38.1. The summed E-state index contributed by atoms with van der Waals surface area (Å²) in [6, 6.07) is 0. The Morgan fingerprint density at radius 1 is 0.824 bits per heavy atom. The molecule has 51 heavy (non-hydrogen) atoms. The lowest BCUT2D eigenvalue weighted by Gasteiger charge is -2.63. The summed E-state index contributed by atoms with van der Waals surface area (Å²) in [6.07, 6.45) is 5.11. The molecule has 0 saturated heterocycles. The lowest BCUT2D eigenvalue weighted by Crippen LogP contribution is -2.62. The van der Waals surface area contributed by atoms with E-state index in [-0.39, 0.29) is 122 Å². The van der Waals surface area contributed by atoms with Crippen LogP contribution >= 0.6 is 0 Å². The van der Waals surface area contributed by atoms with Crippen LogP contribution in [0.25, 0.3) is 0 Å². The fourth-order valence-electron chi connectivity index (χ4n) is 10.3. The Kier molecular flexibility index (Phi) is 15.5. The molecule has 4 rings (SSSR count). The van der Waals surface area contributed by atoms with Crippen molar-refractivity contribution in [1.82, 2.24) is 16.1 Å². The van der Waals surface area contributed by atoms with Crippen molar-refractivity contribution in [2.75, 3.05) is 53.2 Å². The number of aliphatic carboxylic acids is 1. The Balaban J connectivity index is 1.14. The largest absolute Gasteiger partial charge is 0.481 e. The number of aliphatic hydroxyl groups excluding tert-OH is 2. The molecule has 0 heterocycles. The van der Waals surface area contributed by atoms with Crippen molar-refractivity contribution in [2.45, 2.75) is 110 Å². The summed E-state index contributed by atoms with van der Waals surface area (Å²) >= 11 is 0. The number of nitrogens with one attached hydrogen (secondary N) is 3. The van der Waals surface area contributed by atoms with Crippen LogP contribution in [-0.4, -0.2) is 111 Å². The van der Waals surface area contributed by atoms with E-state index in [1.165, 1.54) is 0 Å². The first-order chi connectivity index (χ1) is 24.3. The first kappa shape index (κ1) is 41.4. The van der Waals surface area contributed by atoms with Gasteiger partial charge in [0.1, 0.15) is 6.61 Å². The van der Waals surface area contributed by atoms with Gasteiger partial charge in [0.25, 0.3) is 0 Å². The van der Waals surface area contributed by atoms with E-state index in [1.54, 1.807) is 7.11 Å². The average Bonchev–Trinajstić information content (AvgIpc) is 3.45. The third kappa shape index (κ3) is 10.4. The van der Waals surface area contributed by atoms with Gasteiger partial charge < -0.3 is 40.2 Å². The number of ether oxygens (including phenoxy) is 3. The molecule has 4 fully saturated rings. The molecule has 4 aliphatic carbocycles. The van der Waals surface area contributed by atoms with Crippen LogP contribution in [0.15, 0.2) is 0 Å². The minimum Gasteiger partial charge on any atom is -0.481 e. The van der Waals surface area contributed by atoms with Gasteiger partial charge in [-0.1, -0.05) is 20.8 Å². The van der Waals surface area contributed by atoms with Crippen LogP contribution in [-0.2, 0) is 38.2 Å². The topological polar surface area (TPSA) is 202 Å². The van der Waals surface area contributed by atoms with E-state index in [9.17, 15) is 34.5 Å². The summed E-state index contributed by atoms with van der Waals surface area (Å²) < 4.78 is 15.5. The molecule has 0 aromatic carbocycles. The van der Waals surface area contributed by atoms with Crippen LogP contribution in [0.5, 0.6) is 0 Å². The highest BCUT2D eigenvalue weighted by atomic mass is 16.7. The molecule has 0 aromatic rings. The zero-order chi connectivity index (χ0) is 37.2. The predicted octanol–water partition coefficient (Wildman–Crippen LogP) is 2.20. The second-order valence-corrected chi connectivity index (χ2v) is 15.9. The number of aliphatic hydroxyl groups is 2. The molecular weight excluding hydrogens is 662 g/mol. The number of carbonyl (C=O) groups excluding carboxylic acids is 3.